The van der Waals surface area contributed by atoms with Crippen LogP contribution in [-0.2, 0) is 23.9 Å². The topological polar surface area (TPSA) is 151 Å². The lowest BCUT2D eigenvalue weighted by Gasteiger charge is -2.65. The van der Waals surface area contributed by atoms with Crippen molar-refractivity contribution < 1.29 is 44.3 Å². The Labute approximate surface area is 232 Å². The van der Waals surface area contributed by atoms with Crippen molar-refractivity contribution in [1.82, 2.24) is 0 Å². The van der Waals surface area contributed by atoms with Crippen molar-refractivity contribution in [1.29, 1.82) is 0 Å². The molecule has 40 heavy (non-hydrogen) atoms. The van der Waals surface area contributed by atoms with Gasteiger partial charge in [-0.2, -0.15) is 0 Å². The molecule has 0 saturated heterocycles. The molecule has 1 unspecified atom stereocenters. The van der Waals surface area contributed by atoms with Gasteiger partial charge < -0.3 is 29.9 Å². The normalized spacial score (nSPS) is 47.5. The first kappa shape index (κ1) is 26.3. The maximum absolute atomic E-state index is 14.2. The first-order valence-corrected chi connectivity index (χ1v) is 14.2. The van der Waals surface area contributed by atoms with E-state index in [4.69, 9.17) is 9.47 Å². The molecule has 0 radical (unpaired) electrons. The summed E-state index contributed by atoms with van der Waals surface area (Å²) in [7, 11) is 1.23. The van der Waals surface area contributed by atoms with Gasteiger partial charge in [-0.05, 0) is 67.1 Å². The van der Waals surface area contributed by atoms with E-state index in [2.05, 4.69) is 0 Å². The number of methoxy groups -OCH3 is 1. The average Bonchev–Trinajstić information content (AvgIpc) is 3.63. The minimum atomic E-state index is -1.43. The van der Waals surface area contributed by atoms with Gasteiger partial charge in [0.1, 0.15) is 11.7 Å². The standard InChI is InChI=1S/C31H36O9/c1-12(27(37)39-4)22-24-23-15(14-7-18(14)30(23,3)26(36)25(22)35)8-20-29(2)17(13(10-32)5-6-21(29)34)9-19-16(11-33)28(38)40-31(19,20)24/h5,14,17-18,20-21,24,26,32-34,36H,6-11H2,1-4H3/b22-12-/t14-,17?,18-,20+,21-,24+,26+,29-,30+,31+/m1/s1. The van der Waals surface area contributed by atoms with Crippen LogP contribution in [0.3, 0.4) is 0 Å². The van der Waals surface area contributed by atoms with Crippen LogP contribution in [0.2, 0.25) is 0 Å². The van der Waals surface area contributed by atoms with Gasteiger partial charge in [0.05, 0.1) is 37.9 Å². The lowest BCUT2D eigenvalue weighted by Crippen LogP contribution is -2.68. The van der Waals surface area contributed by atoms with Crippen LogP contribution in [0.5, 0.6) is 0 Å². The zero-order chi connectivity index (χ0) is 28.7. The number of aliphatic hydroxyl groups excluding tert-OH is 4. The zero-order valence-corrected chi connectivity index (χ0v) is 23.2. The van der Waals surface area contributed by atoms with Gasteiger partial charge in [0.2, 0.25) is 0 Å². The second-order valence-electron chi connectivity index (χ2n) is 13.3. The molecule has 0 aromatic rings. The first-order chi connectivity index (χ1) is 18.9. The minimum Gasteiger partial charge on any atom is -0.466 e. The zero-order valence-electron chi connectivity index (χ0n) is 23.2. The SMILES string of the molecule is COC(=O)/C(C)=C1\C(=O)[C@H](O)[C@]2(C)C3=C(C[C@@H]4[C@]5(OC(=O)C(CO)=C5CC5C(CO)=CC[C@@H](O)[C@]54C)[C@H]31)[C@H]1C[C@H]12. The Balaban J connectivity index is 1.59. The number of carbonyl (C=O) groups excluding carboxylic acids is 3. The molecular formula is C31H36O9. The van der Waals surface area contributed by atoms with Crippen LogP contribution in [-0.4, -0.2) is 76.3 Å². The third-order valence-corrected chi connectivity index (χ3v) is 12.2. The van der Waals surface area contributed by atoms with Crippen molar-refractivity contribution in [2.45, 2.75) is 64.3 Å². The molecule has 9 nitrogen and oxygen atoms in total. The molecule has 1 spiro atoms. The molecule has 9 heteroatoms. The Kier molecular flexibility index (Phi) is 5.28. The number of carbonyl (C=O) groups is 3. The summed E-state index contributed by atoms with van der Waals surface area (Å²) in [6.45, 7) is 4.66. The number of hydrogen-bond acceptors (Lipinski definition) is 9. The molecule has 7 rings (SSSR count). The largest absolute Gasteiger partial charge is 0.466 e. The number of allylic oxidation sites excluding steroid dienone is 1. The maximum Gasteiger partial charge on any atom is 0.337 e. The lowest BCUT2D eigenvalue weighted by atomic mass is 9.41. The predicted octanol–water partition coefficient (Wildman–Crippen LogP) is 1.30. The van der Waals surface area contributed by atoms with Crippen LogP contribution in [0.1, 0.15) is 46.5 Å². The summed E-state index contributed by atoms with van der Waals surface area (Å²) in [5.41, 5.74) is 0.464. The molecule has 6 aliphatic carbocycles. The van der Waals surface area contributed by atoms with Gasteiger partial charge in [0.15, 0.2) is 5.78 Å². The minimum absolute atomic E-state index is 0.0568. The van der Waals surface area contributed by atoms with Crippen LogP contribution in [0.25, 0.3) is 0 Å². The molecule has 3 saturated carbocycles. The summed E-state index contributed by atoms with van der Waals surface area (Å²) in [6.07, 6.45) is 1.62. The molecule has 214 valence electrons. The van der Waals surface area contributed by atoms with Crippen LogP contribution in [0, 0.1) is 40.4 Å². The van der Waals surface area contributed by atoms with E-state index in [0.29, 0.717) is 18.4 Å². The highest BCUT2D eigenvalue weighted by Gasteiger charge is 2.78. The molecule has 0 amide bonds. The van der Waals surface area contributed by atoms with Crippen molar-refractivity contribution in [2.24, 2.45) is 40.4 Å². The molecule has 1 aliphatic heterocycles. The number of esters is 2. The van der Waals surface area contributed by atoms with Crippen LogP contribution in [0.15, 0.2) is 45.1 Å². The Hall–Kier alpha value is -2.59. The van der Waals surface area contributed by atoms with E-state index in [9.17, 15) is 34.8 Å². The quantitative estimate of drug-likeness (QED) is 0.231. The average molecular weight is 553 g/mol. The third-order valence-electron chi connectivity index (χ3n) is 12.2. The Morgan fingerprint density at radius 1 is 1.15 bits per heavy atom. The van der Waals surface area contributed by atoms with E-state index < -0.39 is 64.8 Å². The summed E-state index contributed by atoms with van der Waals surface area (Å²) in [6, 6.07) is 0. The van der Waals surface area contributed by atoms with Gasteiger partial charge in [-0.25, -0.2) is 9.59 Å². The molecule has 0 aromatic heterocycles. The smallest absolute Gasteiger partial charge is 0.337 e. The second-order valence-corrected chi connectivity index (χ2v) is 13.3. The third kappa shape index (κ3) is 2.67. The van der Waals surface area contributed by atoms with E-state index in [1.54, 1.807) is 0 Å². The molecule has 4 N–H and O–H groups in total. The number of hydrogen-bond donors (Lipinski definition) is 4. The number of Topliss-reactive ketones (excluding diaryl/α,β-unsaturated/α-hetero) is 1. The van der Waals surface area contributed by atoms with E-state index >= 15 is 0 Å². The number of rotatable bonds is 3. The van der Waals surface area contributed by atoms with Crippen LogP contribution in [0.4, 0.5) is 0 Å². The molecule has 3 fully saturated rings. The number of fused-ring (bicyclic) bond motifs is 5. The number of ether oxygens (including phenoxy) is 2. The van der Waals surface area contributed by atoms with E-state index in [-0.39, 0.29) is 47.5 Å². The number of ketones is 1. The van der Waals surface area contributed by atoms with Gasteiger partial charge >= 0.3 is 11.9 Å². The van der Waals surface area contributed by atoms with Gasteiger partial charge in [0.25, 0.3) is 0 Å². The van der Waals surface area contributed by atoms with Crippen LogP contribution >= 0.6 is 0 Å². The fraction of sp³-hybridized carbons (Fsp3) is 0.645. The van der Waals surface area contributed by atoms with Crippen LogP contribution < -0.4 is 0 Å². The van der Waals surface area contributed by atoms with E-state index in [0.717, 1.165) is 23.1 Å². The van der Waals surface area contributed by atoms with Crippen molar-refractivity contribution in [2.75, 3.05) is 20.3 Å². The van der Waals surface area contributed by atoms with Crippen molar-refractivity contribution >= 4 is 17.7 Å². The summed E-state index contributed by atoms with van der Waals surface area (Å²) in [5.74, 6) is -3.38. The van der Waals surface area contributed by atoms with Gasteiger partial charge in [0, 0.05) is 27.9 Å². The Morgan fingerprint density at radius 3 is 2.52 bits per heavy atom. The summed E-state index contributed by atoms with van der Waals surface area (Å²) in [4.78, 5) is 40.7. The van der Waals surface area contributed by atoms with Gasteiger partial charge in [-0.1, -0.05) is 25.5 Å². The van der Waals surface area contributed by atoms with Gasteiger partial charge in [-0.15, -0.1) is 0 Å². The lowest BCUT2D eigenvalue weighted by molar-refractivity contribution is -0.189. The fourth-order valence-electron chi connectivity index (χ4n) is 10.2. The molecule has 0 bridgehead atoms. The molecule has 10 atom stereocenters. The van der Waals surface area contributed by atoms with E-state index in [1.165, 1.54) is 14.0 Å². The molecule has 0 aromatic carbocycles. The Bertz CT molecular complexity index is 1420. The molecular weight excluding hydrogens is 516 g/mol. The summed E-state index contributed by atoms with van der Waals surface area (Å²) in [5, 5.41) is 44.0. The highest BCUT2D eigenvalue weighted by Crippen LogP contribution is 2.78. The highest BCUT2D eigenvalue weighted by atomic mass is 16.6. The maximum atomic E-state index is 14.2. The van der Waals surface area contributed by atoms with Crippen molar-refractivity contribution in [3.8, 4) is 0 Å². The molecule has 7 aliphatic rings. The highest BCUT2D eigenvalue weighted by molar-refractivity contribution is 6.09. The monoisotopic (exact) mass is 552 g/mol. The number of aliphatic hydroxyl groups is 4. The fourth-order valence-corrected chi connectivity index (χ4v) is 10.2. The summed E-state index contributed by atoms with van der Waals surface area (Å²) < 4.78 is 11.5. The predicted molar refractivity (Wildman–Crippen MR) is 139 cm³/mol. The second kappa shape index (κ2) is 8.03. The van der Waals surface area contributed by atoms with Gasteiger partial charge in [-0.3, -0.25) is 4.79 Å². The van der Waals surface area contributed by atoms with E-state index in [1.807, 2.05) is 19.9 Å². The first-order valence-electron chi connectivity index (χ1n) is 14.2. The van der Waals surface area contributed by atoms with Crippen molar-refractivity contribution in [3.05, 3.63) is 45.1 Å². The summed E-state index contributed by atoms with van der Waals surface area (Å²) >= 11 is 0. The Morgan fingerprint density at radius 2 is 1.88 bits per heavy atom. The molecule has 1 heterocycles. The van der Waals surface area contributed by atoms with Crippen molar-refractivity contribution in [3.63, 3.8) is 0 Å².